The molecular weight excluding hydrogens is 348 g/mol. The average molecular weight is 375 g/mol. The molecule has 1 heterocycles. The van der Waals surface area contributed by atoms with Crippen molar-refractivity contribution in [3.63, 3.8) is 0 Å². The first-order valence-corrected chi connectivity index (χ1v) is 8.96. The fourth-order valence-electron chi connectivity index (χ4n) is 3.24. The lowest BCUT2D eigenvalue weighted by Gasteiger charge is -2.34. The van der Waals surface area contributed by atoms with Gasteiger partial charge in [0, 0.05) is 31.7 Å². The van der Waals surface area contributed by atoms with E-state index in [0.29, 0.717) is 0 Å². The Labute approximate surface area is 162 Å². The molecule has 0 radical (unpaired) electrons. The van der Waals surface area contributed by atoms with E-state index in [1.165, 1.54) is 5.56 Å². The minimum atomic E-state index is 0. The van der Waals surface area contributed by atoms with Crippen LogP contribution in [0.3, 0.4) is 0 Å². The SMILES string of the molecule is COc1ccc(C(=O)N2CCN(CCCc3ccccc3)CC2)cc1.Cl. The molecule has 4 nitrogen and oxygen atoms in total. The number of halogens is 1. The number of nitrogens with zero attached hydrogens (tertiary/aromatic N) is 2. The summed E-state index contributed by atoms with van der Waals surface area (Å²) in [5.41, 5.74) is 2.13. The summed E-state index contributed by atoms with van der Waals surface area (Å²) < 4.78 is 5.15. The second-order valence-electron chi connectivity index (χ2n) is 6.45. The number of piperazine rings is 1. The van der Waals surface area contributed by atoms with Gasteiger partial charge in [0.25, 0.3) is 5.91 Å². The molecule has 1 fully saturated rings. The minimum Gasteiger partial charge on any atom is -0.497 e. The van der Waals surface area contributed by atoms with Gasteiger partial charge in [-0.25, -0.2) is 0 Å². The van der Waals surface area contributed by atoms with Crippen LogP contribution in [-0.2, 0) is 6.42 Å². The van der Waals surface area contributed by atoms with Crippen LogP contribution in [0.25, 0.3) is 0 Å². The molecule has 2 aromatic rings. The van der Waals surface area contributed by atoms with E-state index in [2.05, 4.69) is 35.2 Å². The number of ether oxygens (including phenoxy) is 1. The van der Waals surface area contributed by atoms with Gasteiger partial charge in [-0.05, 0) is 49.2 Å². The molecule has 0 N–H and O–H groups in total. The van der Waals surface area contributed by atoms with Crippen LogP contribution in [0.15, 0.2) is 54.6 Å². The molecule has 0 aromatic heterocycles. The van der Waals surface area contributed by atoms with Gasteiger partial charge in [0.05, 0.1) is 7.11 Å². The lowest BCUT2D eigenvalue weighted by atomic mass is 10.1. The predicted molar refractivity (Wildman–Crippen MR) is 107 cm³/mol. The molecule has 1 saturated heterocycles. The fourth-order valence-corrected chi connectivity index (χ4v) is 3.24. The zero-order chi connectivity index (χ0) is 17.5. The molecule has 1 aliphatic heterocycles. The first kappa shape index (κ1) is 20.3. The lowest BCUT2D eigenvalue weighted by molar-refractivity contribution is 0.0636. The van der Waals surface area contributed by atoms with Crippen LogP contribution in [0.4, 0.5) is 0 Å². The Kier molecular flexibility index (Phi) is 7.95. The predicted octanol–water partition coefficient (Wildman–Crippen LogP) is 3.51. The molecule has 1 amide bonds. The van der Waals surface area contributed by atoms with Crippen LogP contribution >= 0.6 is 12.4 Å². The highest BCUT2D eigenvalue weighted by atomic mass is 35.5. The van der Waals surface area contributed by atoms with Gasteiger partial charge in [-0.1, -0.05) is 30.3 Å². The van der Waals surface area contributed by atoms with Crippen molar-refractivity contribution in [3.05, 3.63) is 65.7 Å². The van der Waals surface area contributed by atoms with E-state index in [1.54, 1.807) is 7.11 Å². The lowest BCUT2D eigenvalue weighted by Crippen LogP contribution is -2.48. The summed E-state index contributed by atoms with van der Waals surface area (Å²) in [7, 11) is 1.63. The van der Waals surface area contributed by atoms with Crippen LogP contribution in [0, 0.1) is 0 Å². The summed E-state index contributed by atoms with van der Waals surface area (Å²) in [6.07, 6.45) is 2.28. The standard InChI is InChI=1S/C21H26N2O2.ClH/c1-25-20-11-9-19(10-12-20)21(24)23-16-14-22(15-17-23)13-5-8-18-6-3-2-4-7-18;/h2-4,6-7,9-12H,5,8,13-17H2,1H3;1H. The highest BCUT2D eigenvalue weighted by molar-refractivity contribution is 5.94. The first-order valence-electron chi connectivity index (χ1n) is 8.96. The second-order valence-corrected chi connectivity index (χ2v) is 6.45. The number of benzene rings is 2. The molecule has 0 unspecified atom stereocenters. The quantitative estimate of drug-likeness (QED) is 0.775. The summed E-state index contributed by atoms with van der Waals surface area (Å²) in [6, 6.07) is 18.0. The van der Waals surface area contributed by atoms with Crippen LogP contribution in [0.2, 0.25) is 0 Å². The van der Waals surface area contributed by atoms with Crippen LogP contribution in [0.5, 0.6) is 5.75 Å². The van der Waals surface area contributed by atoms with Gasteiger partial charge in [0.2, 0.25) is 0 Å². The molecule has 1 aliphatic rings. The third-order valence-corrected chi connectivity index (χ3v) is 4.78. The maximum Gasteiger partial charge on any atom is 0.253 e. The molecule has 0 saturated carbocycles. The van der Waals surface area contributed by atoms with Crippen molar-refractivity contribution in [1.29, 1.82) is 0 Å². The number of methoxy groups -OCH3 is 1. The van der Waals surface area contributed by atoms with Gasteiger partial charge < -0.3 is 9.64 Å². The molecule has 3 rings (SSSR count). The highest BCUT2D eigenvalue weighted by Gasteiger charge is 2.21. The second kappa shape index (κ2) is 10.2. The van der Waals surface area contributed by atoms with Gasteiger partial charge >= 0.3 is 0 Å². The smallest absolute Gasteiger partial charge is 0.253 e. The number of carbonyl (C=O) groups excluding carboxylic acids is 1. The minimum absolute atomic E-state index is 0. The first-order chi connectivity index (χ1) is 12.3. The molecule has 26 heavy (non-hydrogen) atoms. The number of amides is 1. The van der Waals surface area contributed by atoms with Crippen LogP contribution in [-0.4, -0.2) is 55.5 Å². The Hall–Kier alpha value is -2.04. The zero-order valence-corrected chi connectivity index (χ0v) is 16.1. The van der Waals surface area contributed by atoms with E-state index in [1.807, 2.05) is 29.2 Å². The van der Waals surface area contributed by atoms with Crippen molar-refractivity contribution in [1.82, 2.24) is 9.80 Å². The molecular formula is C21H27ClN2O2. The van der Waals surface area contributed by atoms with Gasteiger partial charge in [-0.3, -0.25) is 9.69 Å². The molecule has 0 aliphatic carbocycles. The van der Waals surface area contributed by atoms with Crippen molar-refractivity contribution in [3.8, 4) is 5.75 Å². The number of carbonyl (C=O) groups is 1. The Bertz CT molecular complexity index is 668. The Morgan fingerprint density at radius 1 is 0.962 bits per heavy atom. The fraction of sp³-hybridized carbons (Fsp3) is 0.381. The van der Waals surface area contributed by atoms with Crippen molar-refractivity contribution in [2.24, 2.45) is 0 Å². The number of aryl methyl sites for hydroxylation is 1. The van der Waals surface area contributed by atoms with E-state index in [9.17, 15) is 4.79 Å². The van der Waals surface area contributed by atoms with Crippen LogP contribution < -0.4 is 4.74 Å². The average Bonchev–Trinajstić information content (AvgIpc) is 2.69. The van der Waals surface area contributed by atoms with Crippen molar-refractivity contribution in [2.45, 2.75) is 12.8 Å². The summed E-state index contributed by atoms with van der Waals surface area (Å²) >= 11 is 0. The Morgan fingerprint density at radius 3 is 2.23 bits per heavy atom. The summed E-state index contributed by atoms with van der Waals surface area (Å²) in [6.45, 7) is 4.61. The summed E-state index contributed by atoms with van der Waals surface area (Å²) in [4.78, 5) is 17.0. The zero-order valence-electron chi connectivity index (χ0n) is 15.3. The molecule has 0 atom stereocenters. The van der Waals surface area contributed by atoms with Gasteiger partial charge in [-0.2, -0.15) is 0 Å². The molecule has 0 spiro atoms. The molecule has 140 valence electrons. The summed E-state index contributed by atoms with van der Waals surface area (Å²) in [5, 5.41) is 0. The van der Waals surface area contributed by atoms with Gasteiger partial charge in [-0.15, -0.1) is 12.4 Å². The number of hydrogen-bond acceptors (Lipinski definition) is 3. The molecule has 0 bridgehead atoms. The largest absolute Gasteiger partial charge is 0.497 e. The van der Waals surface area contributed by atoms with E-state index < -0.39 is 0 Å². The number of hydrogen-bond donors (Lipinski definition) is 0. The number of rotatable bonds is 6. The van der Waals surface area contributed by atoms with Gasteiger partial charge in [0.1, 0.15) is 5.75 Å². The Balaban J connectivity index is 0.00000243. The maximum atomic E-state index is 12.6. The topological polar surface area (TPSA) is 32.8 Å². The molecule has 2 aromatic carbocycles. The monoisotopic (exact) mass is 374 g/mol. The van der Waals surface area contributed by atoms with Crippen molar-refractivity contribution < 1.29 is 9.53 Å². The molecule has 5 heteroatoms. The van der Waals surface area contributed by atoms with E-state index in [-0.39, 0.29) is 18.3 Å². The van der Waals surface area contributed by atoms with Crippen molar-refractivity contribution in [2.75, 3.05) is 39.8 Å². The van der Waals surface area contributed by atoms with E-state index in [0.717, 1.165) is 56.9 Å². The van der Waals surface area contributed by atoms with Gasteiger partial charge in [0.15, 0.2) is 0 Å². The maximum absolute atomic E-state index is 12.6. The Morgan fingerprint density at radius 2 is 1.62 bits per heavy atom. The third-order valence-electron chi connectivity index (χ3n) is 4.78. The van der Waals surface area contributed by atoms with Crippen LogP contribution in [0.1, 0.15) is 22.3 Å². The van der Waals surface area contributed by atoms with E-state index in [4.69, 9.17) is 4.74 Å². The third kappa shape index (κ3) is 5.48. The highest BCUT2D eigenvalue weighted by Crippen LogP contribution is 2.14. The van der Waals surface area contributed by atoms with Crippen molar-refractivity contribution >= 4 is 18.3 Å². The summed E-state index contributed by atoms with van der Waals surface area (Å²) in [5.74, 6) is 0.895. The normalized spacial score (nSPS) is 14.6. The van der Waals surface area contributed by atoms with E-state index >= 15 is 0 Å².